The molecule has 0 saturated carbocycles. The van der Waals surface area contributed by atoms with Crippen LogP contribution in [0.4, 0.5) is 0 Å². The van der Waals surface area contributed by atoms with Crippen LogP contribution in [0.1, 0.15) is 17.2 Å². The van der Waals surface area contributed by atoms with Crippen LogP contribution >= 0.6 is 0 Å². The van der Waals surface area contributed by atoms with Crippen LogP contribution in [0.3, 0.4) is 0 Å². The second-order valence-corrected chi connectivity index (χ2v) is 3.59. The standard InChI is InChI=1S/C14H12N2O/c1-17-12-7-5-11(6-8-12)13(10-15)14-4-2-3-9-16-14/h2-9,13H,1H3/t13-/m0/s1. The third-order valence-corrected chi connectivity index (χ3v) is 2.56. The number of nitriles is 1. The van der Waals surface area contributed by atoms with E-state index in [4.69, 9.17) is 4.74 Å². The SMILES string of the molecule is COc1ccc([C@H](C#N)c2ccccn2)cc1. The molecule has 0 radical (unpaired) electrons. The highest BCUT2D eigenvalue weighted by Gasteiger charge is 2.13. The summed E-state index contributed by atoms with van der Waals surface area (Å²) < 4.78 is 5.09. The molecule has 84 valence electrons. The Morgan fingerprint density at radius 3 is 2.47 bits per heavy atom. The second kappa shape index (κ2) is 5.13. The molecule has 1 aromatic heterocycles. The Morgan fingerprint density at radius 1 is 1.18 bits per heavy atom. The zero-order valence-electron chi connectivity index (χ0n) is 9.50. The smallest absolute Gasteiger partial charge is 0.118 e. The van der Waals surface area contributed by atoms with Gasteiger partial charge in [-0.1, -0.05) is 18.2 Å². The van der Waals surface area contributed by atoms with Crippen LogP contribution in [0.15, 0.2) is 48.7 Å². The lowest BCUT2D eigenvalue weighted by atomic mass is 9.97. The average Bonchev–Trinajstić information content (AvgIpc) is 2.42. The number of pyridine rings is 1. The van der Waals surface area contributed by atoms with Gasteiger partial charge in [0.1, 0.15) is 11.7 Å². The molecule has 1 atom stereocenters. The van der Waals surface area contributed by atoms with Crippen molar-refractivity contribution in [2.75, 3.05) is 7.11 Å². The van der Waals surface area contributed by atoms with E-state index in [1.54, 1.807) is 13.3 Å². The molecule has 1 aromatic carbocycles. The van der Waals surface area contributed by atoms with Gasteiger partial charge >= 0.3 is 0 Å². The van der Waals surface area contributed by atoms with E-state index in [1.807, 2.05) is 42.5 Å². The topological polar surface area (TPSA) is 45.9 Å². The summed E-state index contributed by atoms with van der Waals surface area (Å²) in [6.07, 6.45) is 1.70. The van der Waals surface area contributed by atoms with Gasteiger partial charge in [0.05, 0.1) is 18.9 Å². The largest absolute Gasteiger partial charge is 0.497 e. The second-order valence-electron chi connectivity index (χ2n) is 3.59. The minimum absolute atomic E-state index is 0.331. The predicted octanol–water partition coefficient (Wildman–Crippen LogP) is 2.75. The van der Waals surface area contributed by atoms with Crippen molar-refractivity contribution in [2.24, 2.45) is 0 Å². The van der Waals surface area contributed by atoms with Crippen LogP contribution in [0.2, 0.25) is 0 Å². The molecule has 3 heteroatoms. The number of rotatable bonds is 3. The molecule has 0 aliphatic heterocycles. The van der Waals surface area contributed by atoms with Crippen molar-refractivity contribution in [3.8, 4) is 11.8 Å². The summed E-state index contributed by atoms with van der Waals surface area (Å²) in [4.78, 5) is 4.22. The Morgan fingerprint density at radius 2 is 1.94 bits per heavy atom. The van der Waals surface area contributed by atoms with Crippen molar-refractivity contribution in [3.05, 3.63) is 59.9 Å². The Hall–Kier alpha value is -2.34. The van der Waals surface area contributed by atoms with Crippen molar-refractivity contribution < 1.29 is 4.74 Å². The van der Waals surface area contributed by atoms with E-state index in [1.165, 1.54) is 0 Å². The normalized spacial score (nSPS) is 11.5. The summed E-state index contributed by atoms with van der Waals surface area (Å²) in [5, 5.41) is 9.24. The molecule has 17 heavy (non-hydrogen) atoms. The van der Waals surface area contributed by atoms with Gasteiger partial charge in [-0.2, -0.15) is 5.26 Å². The van der Waals surface area contributed by atoms with Crippen LogP contribution in [0.5, 0.6) is 5.75 Å². The molecule has 0 aliphatic carbocycles. The Bertz CT molecular complexity index is 514. The van der Waals surface area contributed by atoms with Gasteiger partial charge in [-0.15, -0.1) is 0 Å². The maximum Gasteiger partial charge on any atom is 0.118 e. The van der Waals surface area contributed by atoms with Gasteiger partial charge in [-0.25, -0.2) is 0 Å². The summed E-state index contributed by atoms with van der Waals surface area (Å²) in [5.74, 6) is 0.452. The number of hydrogen-bond acceptors (Lipinski definition) is 3. The maximum atomic E-state index is 9.24. The number of hydrogen-bond donors (Lipinski definition) is 0. The molecule has 0 aliphatic rings. The third-order valence-electron chi connectivity index (χ3n) is 2.56. The fourth-order valence-corrected chi connectivity index (χ4v) is 1.65. The molecule has 0 N–H and O–H groups in total. The molecular formula is C14H12N2O. The van der Waals surface area contributed by atoms with E-state index >= 15 is 0 Å². The quantitative estimate of drug-likeness (QED) is 0.805. The number of ether oxygens (including phenoxy) is 1. The zero-order valence-corrected chi connectivity index (χ0v) is 9.50. The van der Waals surface area contributed by atoms with E-state index in [2.05, 4.69) is 11.1 Å². The molecule has 0 fully saturated rings. The van der Waals surface area contributed by atoms with Crippen molar-refractivity contribution in [2.45, 2.75) is 5.92 Å². The summed E-state index contributed by atoms with van der Waals surface area (Å²) in [6.45, 7) is 0. The molecule has 0 unspecified atom stereocenters. The number of benzene rings is 1. The summed E-state index contributed by atoms with van der Waals surface area (Å²) in [7, 11) is 1.62. The molecule has 0 spiro atoms. The first kappa shape index (κ1) is 11.2. The van der Waals surface area contributed by atoms with E-state index < -0.39 is 0 Å². The summed E-state index contributed by atoms with van der Waals surface area (Å²) in [6, 6.07) is 15.3. The molecule has 1 heterocycles. The minimum Gasteiger partial charge on any atom is -0.497 e. The highest BCUT2D eigenvalue weighted by atomic mass is 16.5. The van der Waals surface area contributed by atoms with Crippen molar-refractivity contribution in [1.82, 2.24) is 4.98 Å². The summed E-state index contributed by atoms with van der Waals surface area (Å²) >= 11 is 0. The van der Waals surface area contributed by atoms with Gasteiger partial charge in [0.2, 0.25) is 0 Å². The van der Waals surface area contributed by atoms with Gasteiger partial charge < -0.3 is 4.74 Å². The van der Waals surface area contributed by atoms with Crippen LogP contribution in [-0.4, -0.2) is 12.1 Å². The van der Waals surface area contributed by atoms with Crippen LogP contribution in [-0.2, 0) is 0 Å². The monoisotopic (exact) mass is 224 g/mol. The van der Waals surface area contributed by atoms with Gasteiger partial charge in [-0.3, -0.25) is 4.98 Å². The molecule has 3 nitrogen and oxygen atoms in total. The molecule has 0 saturated heterocycles. The van der Waals surface area contributed by atoms with Gasteiger partial charge in [0.15, 0.2) is 0 Å². The highest BCUT2D eigenvalue weighted by molar-refractivity contribution is 5.37. The van der Waals surface area contributed by atoms with Crippen molar-refractivity contribution in [3.63, 3.8) is 0 Å². The molecule has 0 amide bonds. The first-order chi connectivity index (χ1) is 8.35. The van der Waals surface area contributed by atoms with Crippen molar-refractivity contribution in [1.29, 1.82) is 5.26 Å². The number of methoxy groups -OCH3 is 1. The van der Waals surface area contributed by atoms with Gasteiger partial charge in [0, 0.05) is 6.20 Å². The predicted molar refractivity (Wildman–Crippen MR) is 64.7 cm³/mol. The van der Waals surface area contributed by atoms with Crippen LogP contribution < -0.4 is 4.74 Å². The van der Waals surface area contributed by atoms with E-state index in [0.29, 0.717) is 0 Å². The fourth-order valence-electron chi connectivity index (χ4n) is 1.65. The number of aromatic nitrogens is 1. The fraction of sp³-hybridized carbons (Fsp3) is 0.143. The Labute approximate surface area is 100 Å². The maximum absolute atomic E-state index is 9.24. The molecule has 2 aromatic rings. The molecule has 2 rings (SSSR count). The third kappa shape index (κ3) is 2.43. The van der Waals surface area contributed by atoms with Gasteiger partial charge in [0.25, 0.3) is 0 Å². The van der Waals surface area contributed by atoms with E-state index in [9.17, 15) is 5.26 Å². The first-order valence-electron chi connectivity index (χ1n) is 5.29. The Kier molecular flexibility index (Phi) is 3.37. The lowest BCUT2D eigenvalue weighted by Crippen LogP contribution is -2.00. The molecule has 0 bridgehead atoms. The number of nitrogens with zero attached hydrogens (tertiary/aromatic N) is 2. The average molecular weight is 224 g/mol. The summed E-state index contributed by atoms with van der Waals surface area (Å²) in [5.41, 5.74) is 1.69. The highest BCUT2D eigenvalue weighted by Crippen LogP contribution is 2.23. The lowest BCUT2D eigenvalue weighted by Gasteiger charge is -2.09. The van der Waals surface area contributed by atoms with E-state index in [0.717, 1.165) is 17.0 Å². The molecular weight excluding hydrogens is 212 g/mol. The Balaban J connectivity index is 2.33. The van der Waals surface area contributed by atoms with Gasteiger partial charge in [-0.05, 0) is 29.8 Å². The first-order valence-corrected chi connectivity index (χ1v) is 5.29. The lowest BCUT2D eigenvalue weighted by molar-refractivity contribution is 0.414. The minimum atomic E-state index is -0.331. The van der Waals surface area contributed by atoms with Crippen molar-refractivity contribution >= 4 is 0 Å². The zero-order chi connectivity index (χ0) is 12.1. The van der Waals surface area contributed by atoms with Crippen LogP contribution in [0.25, 0.3) is 0 Å². The van der Waals surface area contributed by atoms with E-state index in [-0.39, 0.29) is 5.92 Å². The van der Waals surface area contributed by atoms with Crippen LogP contribution in [0, 0.1) is 11.3 Å².